The molecule has 3 aromatic carbocycles. The number of amides is 2. The van der Waals surface area contributed by atoms with Crippen LogP contribution in [0.4, 0.5) is 0 Å². The van der Waals surface area contributed by atoms with Crippen LogP contribution < -0.4 is 11.0 Å². The van der Waals surface area contributed by atoms with Gasteiger partial charge in [0, 0.05) is 17.7 Å². The van der Waals surface area contributed by atoms with E-state index in [1.54, 1.807) is 5.48 Å². The van der Waals surface area contributed by atoms with Crippen LogP contribution in [0.15, 0.2) is 60.7 Å². The molecule has 168 valence electrons. The van der Waals surface area contributed by atoms with E-state index in [1.807, 2.05) is 6.07 Å². The lowest BCUT2D eigenvalue weighted by Crippen LogP contribution is -2.25. The molecule has 32 heavy (non-hydrogen) atoms. The van der Waals surface area contributed by atoms with Gasteiger partial charge in [-0.25, -0.2) is 11.0 Å². The van der Waals surface area contributed by atoms with Gasteiger partial charge in [-0.05, 0) is 71.7 Å². The van der Waals surface area contributed by atoms with Crippen LogP contribution >= 0.6 is 0 Å². The average molecular weight is 436 g/mol. The molecule has 3 aromatic rings. The molecule has 3 N–H and O–H groups in total. The Hall–Kier alpha value is -3.26. The van der Waals surface area contributed by atoms with Gasteiger partial charge in [0.1, 0.15) is 0 Å². The van der Waals surface area contributed by atoms with Crippen LogP contribution in [0.5, 0.6) is 0 Å². The van der Waals surface area contributed by atoms with E-state index in [4.69, 9.17) is 10.0 Å². The summed E-state index contributed by atoms with van der Waals surface area (Å²) in [5.74, 6) is -1.05. The standard InChI is InChI=1S/C25H29N3O4/c1-3-28(4-2)14-13-22-16-18(15-21-7-5-6-8-23(21)22)17-32-27-25(30)20-11-9-19(10-12-20)24(29)26-31/h5-12,15-16,31H,3-4,13-14,17H2,1-2H3,(H,26,29)(H,27,30). The number of rotatable bonds is 10. The molecular formula is C25H29N3O4. The van der Waals surface area contributed by atoms with Crippen molar-refractivity contribution in [1.29, 1.82) is 0 Å². The van der Waals surface area contributed by atoms with Crippen LogP contribution in [0.3, 0.4) is 0 Å². The zero-order chi connectivity index (χ0) is 22.9. The summed E-state index contributed by atoms with van der Waals surface area (Å²) >= 11 is 0. The first-order chi connectivity index (χ1) is 15.5. The second-order valence-electron chi connectivity index (χ2n) is 7.49. The molecule has 0 aliphatic rings. The van der Waals surface area contributed by atoms with Crippen molar-refractivity contribution in [2.75, 3.05) is 19.6 Å². The molecule has 0 aliphatic heterocycles. The van der Waals surface area contributed by atoms with Crippen molar-refractivity contribution >= 4 is 22.6 Å². The summed E-state index contributed by atoms with van der Waals surface area (Å²) in [4.78, 5) is 31.6. The normalized spacial score (nSPS) is 11.0. The molecule has 0 heterocycles. The zero-order valence-electron chi connectivity index (χ0n) is 18.4. The van der Waals surface area contributed by atoms with Gasteiger partial charge >= 0.3 is 0 Å². The highest BCUT2D eigenvalue weighted by Crippen LogP contribution is 2.22. The molecule has 0 fully saturated rings. The maximum absolute atomic E-state index is 12.3. The largest absolute Gasteiger partial charge is 0.304 e. The number of carbonyl (C=O) groups excluding carboxylic acids is 2. The Morgan fingerprint density at radius 1 is 0.938 bits per heavy atom. The molecule has 3 rings (SSSR count). The molecule has 7 heteroatoms. The highest BCUT2D eigenvalue weighted by atomic mass is 16.6. The Morgan fingerprint density at radius 3 is 2.25 bits per heavy atom. The third kappa shape index (κ3) is 5.91. The second kappa shape index (κ2) is 11.4. The zero-order valence-corrected chi connectivity index (χ0v) is 18.4. The fourth-order valence-corrected chi connectivity index (χ4v) is 3.65. The van der Waals surface area contributed by atoms with E-state index in [9.17, 15) is 9.59 Å². The molecular weight excluding hydrogens is 406 g/mol. The van der Waals surface area contributed by atoms with Gasteiger partial charge in [0.25, 0.3) is 11.8 Å². The van der Waals surface area contributed by atoms with Crippen LogP contribution in [0.25, 0.3) is 10.8 Å². The van der Waals surface area contributed by atoms with Crippen LogP contribution in [0, 0.1) is 0 Å². The molecule has 0 atom stereocenters. The first-order valence-electron chi connectivity index (χ1n) is 10.7. The van der Waals surface area contributed by atoms with Crippen LogP contribution in [-0.4, -0.2) is 41.6 Å². The predicted octanol–water partition coefficient (Wildman–Crippen LogP) is 3.70. The molecule has 0 spiro atoms. The molecule has 0 aromatic heterocycles. The average Bonchev–Trinajstić information content (AvgIpc) is 2.84. The lowest BCUT2D eigenvalue weighted by Gasteiger charge is -2.19. The SMILES string of the molecule is CCN(CC)CCc1cc(CONC(=O)c2ccc(C(=O)NO)cc2)cc2ccccc12. The van der Waals surface area contributed by atoms with E-state index >= 15 is 0 Å². The highest BCUT2D eigenvalue weighted by molar-refractivity contribution is 5.97. The van der Waals surface area contributed by atoms with Gasteiger partial charge in [0.05, 0.1) is 6.61 Å². The Balaban J connectivity index is 1.65. The number of hydrogen-bond donors (Lipinski definition) is 3. The first kappa shape index (κ1) is 23.4. The maximum atomic E-state index is 12.3. The fourth-order valence-electron chi connectivity index (χ4n) is 3.65. The maximum Gasteiger partial charge on any atom is 0.274 e. The van der Waals surface area contributed by atoms with E-state index in [0.717, 1.165) is 37.0 Å². The van der Waals surface area contributed by atoms with Gasteiger partial charge in [-0.15, -0.1) is 0 Å². The minimum atomic E-state index is -0.638. The molecule has 0 aliphatic carbocycles. The minimum absolute atomic E-state index is 0.236. The quantitative estimate of drug-likeness (QED) is 0.334. The fraction of sp³-hybridized carbons (Fsp3) is 0.280. The van der Waals surface area contributed by atoms with Crippen LogP contribution in [0.2, 0.25) is 0 Å². The van der Waals surface area contributed by atoms with Gasteiger partial charge in [0.15, 0.2) is 0 Å². The summed E-state index contributed by atoms with van der Waals surface area (Å²) in [5, 5.41) is 11.0. The molecule has 0 radical (unpaired) electrons. The Labute approximate surface area is 187 Å². The molecule has 0 saturated carbocycles. The second-order valence-corrected chi connectivity index (χ2v) is 7.49. The summed E-state index contributed by atoms with van der Waals surface area (Å²) < 4.78 is 0. The van der Waals surface area contributed by atoms with E-state index < -0.39 is 11.8 Å². The van der Waals surface area contributed by atoms with Crippen molar-refractivity contribution in [3.63, 3.8) is 0 Å². The number of fused-ring (bicyclic) bond motifs is 1. The minimum Gasteiger partial charge on any atom is -0.304 e. The molecule has 0 saturated heterocycles. The van der Waals surface area contributed by atoms with Crippen molar-refractivity contribution < 1.29 is 19.6 Å². The molecule has 7 nitrogen and oxygen atoms in total. The van der Waals surface area contributed by atoms with Crippen LogP contribution in [0.1, 0.15) is 45.7 Å². The van der Waals surface area contributed by atoms with Crippen molar-refractivity contribution in [3.05, 3.63) is 82.9 Å². The topological polar surface area (TPSA) is 90.9 Å². The van der Waals surface area contributed by atoms with Gasteiger partial charge in [0.2, 0.25) is 0 Å². The Kier molecular flexibility index (Phi) is 8.33. The number of nitrogens with one attached hydrogen (secondary N) is 2. The molecule has 0 bridgehead atoms. The highest BCUT2D eigenvalue weighted by Gasteiger charge is 2.10. The summed E-state index contributed by atoms with van der Waals surface area (Å²) in [6, 6.07) is 18.4. The lowest BCUT2D eigenvalue weighted by atomic mass is 9.99. The number of benzene rings is 3. The summed E-state index contributed by atoms with van der Waals surface area (Å²) in [5.41, 5.74) is 6.84. The summed E-state index contributed by atoms with van der Waals surface area (Å²) in [6.07, 6.45) is 0.941. The lowest BCUT2D eigenvalue weighted by molar-refractivity contribution is 0.0233. The van der Waals surface area contributed by atoms with Crippen molar-refractivity contribution in [2.24, 2.45) is 0 Å². The van der Waals surface area contributed by atoms with Gasteiger partial charge in [-0.2, -0.15) is 0 Å². The Bertz CT molecular complexity index is 1060. The third-order valence-corrected chi connectivity index (χ3v) is 5.51. The van der Waals surface area contributed by atoms with E-state index in [2.05, 4.69) is 54.6 Å². The van der Waals surface area contributed by atoms with E-state index in [0.29, 0.717) is 5.56 Å². The van der Waals surface area contributed by atoms with Gasteiger partial charge in [-0.3, -0.25) is 19.6 Å². The van der Waals surface area contributed by atoms with Crippen LogP contribution in [-0.2, 0) is 17.9 Å². The van der Waals surface area contributed by atoms with Crippen molar-refractivity contribution in [1.82, 2.24) is 15.9 Å². The number of hydroxylamine groups is 2. The van der Waals surface area contributed by atoms with Gasteiger partial charge < -0.3 is 4.90 Å². The summed E-state index contributed by atoms with van der Waals surface area (Å²) in [6.45, 7) is 7.61. The molecule has 2 amide bonds. The molecule has 0 unspecified atom stereocenters. The van der Waals surface area contributed by atoms with E-state index in [1.165, 1.54) is 35.2 Å². The summed E-state index contributed by atoms with van der Waals surface area (Å²) in [7, 11) is 0. The van der Waals surface area contributed by atoms with Gasteiger partial charge in [-0.1, -0.05) is 44.2 Å². The number of likely N-dealkylation sites (N-methyl/N-ethyl adjacent to an activating group) is 1. The number of carbonyl (C=O) groups is 2. The van der Waals surface area contributed by atoms with Crippen molar-refractivity contribution in [2.45, 2.75) is 26.9 Å². The Morgan fingerprint density at radius 2 is 1.59 bits per heavy atom. The van der Waals surface area contributed by atoms with E-state index in [-0.39, 0.29) is 12.2 Å². The van der Waals surface area contributed by atoms with Crippen molar-refractivity contribution in [3.8, 4) is 0 Å². The smallest absolute Gasteiger partial charge is 0.274 e. The number of nitrogens with zero attached hydrogens (tertiary/aromatic N) is 1. The third-order valence-electron chi connectivity index (χ3n) is 5.51. The monoisotopic (exact) mass is 435 g/mol. The first-order valence-corrected chi connectivity index (χ1v) is 10.7. The predicted molar refractivity (Wildman–Crippen MR) is 123 cm³/mol. The number of hydrogen-bond acceptors (Lipinski definition) is 5.